The van der Waals surface area contributed by atoms with Crippen molar-refractivity contribution >= 4 is 5.82 Å². The minimum Gasteiger partial charge on any atom is -0.481 e. The fourth-order valence-corrected chi connectivity index (χ4v) is 2.02. The van der Waals surface area contributed by atoms with Crippen molar-refractivity contribution in [1.29, 1.82) is 0 Å². The lowest BCUT2D eigenvalue weighted by Gasteiger charge is -2.30. The van der Waals surface area contributed by atoms with E-state index in [1.165, 1.54) is 6.33 Å². The number of methoxy groups -OCH3 is 1. The van der Waals surface area contributed by atoms with Crippen molar-refractivity contribution in [3.8, 4) is 5.88 Å². The van der Waals surface area contributed by atoms with Gasteiger partial charge >= 0.3 is 0 Å². The molecule has 1 atom stereocenters. The molecule has 6 heteroatoms. The van der Waals surface area contributed by atoms with Gasteiger partial charge in [-0.3, -0.25) is 0 Å². The molecule has 1 aromatic rings. The molecule has 0 aromatic carbocycles. The average molecular weight is 252 g/mol. The standard InChI is InChI=1S/C12H20N4O2/c1-9-11(14-8-15-12(9)17-3)13-6-10-7-16(2)4-5-18-10/h8,10H,4-7H2,1-3H3,(H,13,14,15). The summed E-state index contributed by atoms with van der Waals surface area (Å²) in [5, 5.41) is 3.30. The van der Waals surface area contributed by atoms with Crippen LogP contribution in [0.3, 0.4) is 0 Å². The summed E-state index contributed by atoms with van der Waals surface area (Å²) < 4.78 is 10.9. The maximum atomic E-state index is 5.69. The van der Waals surface area contributed by atoms with E-state index in [1.807, 2.05) is 6.92 Å². The van der Waals surface area contributed by atoms with E-state index in [-0.39, 0.29) is 6.10 Å². The van der Waals surface area contributed by atoms with Crippen LogP contribution in [0.5, 0.6) is 5.88 Å². The zero-order chi connectivity index (χ0) is 13.0. The van der Waals surface area contributed by atoms with Gasteiger partial charge in [0.2, 0.25) is 5.88 Å². The van der Waals surface area contributed by atoms with E-state index in [0.29, 0.717) is 5.88 Å². The Kier molecular flexibility index (Phi) is 4.33. The quantitative estimate of drug-likeness (QED) is 0.844. The van der Waals surface area contributed by atoms with E-state index >= 15 is 0 Å². The maximum Gasteiger partial charge on any atom is 0.221 e. The van der Waals surface area contributed by atoms with Crippen LogP contribution >= 0.6 is 0 Å². The molecule has 1 unspecified atom stereocenters. The van der Waals surface area contributed by atoms with E-state index in [1.54, 1.807) is 7.11 Å². The Morgan fingerprint density at radius 2 is 2.39 bits per heavy atom. The van der Waals surface area contributed by atoms with Crippen molar-refractivity contribution in [1.82, 2.24) is 14.9 Å². The second-order valence-electron chi connectivity index (χ2n) is 4.49. The predicted molar refractivity (Wildman–Crippen MR) is 69.0 cm³/mol. The van der Waals surface area contributed by atoms with Crippen LogP contribution in [0.1, 0.15) is 5.56 Å². The minimum absolute atomic E-state index is 0.198. The van der Waals surface area contributed by atoms with Gasteiger partial charge in [0.25, 0.3) is 0 Å². The van der Waals surface area contributed by atoms with Crippen LogP contribution in [0.15, 0.2) is 6.33 Å². The lowest BCUT2D eigenvalue weighted by Crippen LogP contribution is -2.43. The Balaban J connectivity index is 1.93. The zero-order valence-electron chi connectivity index (χ0n) is 11.1. The molecule has 6 nitrogen and oxygen atoms in total. The number of anilines is 1. The molecule has 0 saturated carbocycles. The second-order valence-corrected chi connectivity index (χ2v) is 4.49. The zero-order valence-corrected chi connectivity index (χ0v) is 11.1. The van der Waals surface area contributed by atoms with Gasteiger partial charge in [0.15, 0.2) is 0 Å². The predicted octanol–water partition coefficient (Wildman–Crippen LogP) is 0.536. The van der Waals surface area contributed by atoms with Crippen molar-refractivity contribution < 1.29 is 9.47 Å². The molecule has 0 bridgehead atoms. The van der Waals surface area contributed by atoms with E-state index in [0.717, 1.165) is 37.6 Å². The molecular weight excluding hydrogens is 232 g/mol. The molecule has 0 spiro atoms. The first-order valence-electron chi connectivity index (χ1n) is 6.10. The van der Waals surface area contributed by atoms with E-state index in [2.05, 4.69) is 27.2 Å². The molecule has 1 aliphatic rings. The Hall–Kier alpha value is -1.40. The van der Waals surface area contributed by atoms with Crippen molar-refractivity contribution in [2.75, 3.05) is 45.7 Å². The highest BCUT2D eigenvalue weighted by Gasteiger charge is 2.18. The minimum atomic E-state index is 0.198. The monoisotopic (exact) mass is 252 g/mol. The molecule has 1 aromatic heterocycles. The normalized spacial score (nSPS) is 20.7. The Morgan fingerprint density at radius 3 is 3.11 bits per heavy atom. The average Bonchev–Trinajstić information content (AvgIpc) is 2.38. The van der Waals surface area contributed by atoms with Gasteiger partial charge in [0.1, 0.15) is 12.1 Å². The summed E-state index contributed by atoms with van der Waals surface area (Å²) in [6.45, 7) is 5.40. The molecule has 1 aliphatic heterocycles. The van der Waals surface area contributed by atoms with Crippen molar-refractivity contribution in [2.24, 2.45) is 0 Å². The second kappa shape index (κ2) is 5.97. The number of morpholine rings is 1. The Morgan fingerprint density at radius 1 is 1.56 bits per heavy atom. The van der Waals surface area contributed by atoms with Gasteiger partial charge in [0, 0.05) is 19.6 Å². The van der Waals surface area contributed by atoms with Crippen LogP contribution in [-0.4, -0.2) is 61.4 Å². The summed E-state index contributed by atoms with van der Waals surface area (Å²) >= 11 is 0. The number of aromatic nitrogens is 2. The number of rotatable bonds is 4. The van der Waals surface area contributed by atoms with Gasteiger partial charge < -0.3 is 19.7 Å². The first-order valence-corrected chi connectivity index (χ1v) is 6.10. The van der Waals surface area contributed by atoms with Crippen molar-refractivity contribution in [3.05, 3.63) is 11.9 Å². The summed E-state index contributed by atoms with van der Waals surface area (Å²) in [6.07, 6.45) is 1.70. The van der Waals surface area contributed by atoms with Gasteiger partial charge in [0.05, 0.1) is 25.4 Å². The molecule has 0 amide bonds. The number of likely N-dealkylation sites (N-methyl/N-ethyl adjacent to an activating group) is 1. The van der Waals surface area contributed by atoms with E-state index < -0.39 is 0 Å². The van der Waals surface area contributed by atoms with Crippen LogP contribution in [0.25, 0.3) is 0 Å². The summed E-state index contributed by atoms with van der Waals surface area (Å²) in [4.78, 5) is 10.5. The van der Waals surface area contributed by atoms with Crippen molar-refractivity contribution in [3.63, 3.8) is 0 Å². The number of hydrogen-bond acceptors (Lipinski definition) is 6. The molecule has 100 valence electrons. The summed E-state index contributed by atoms with van der Waals surface area (Å²) in [5.74, 6) is 1.41. The molecule has 0 aliphatic carbocycles. The Labute approximate surface area is 107 Å². The molecular formula is C12H20N4O2. The van der Waals surface area contributed by atoms with Crippen LogP contribution in [0.4, 0.5) is 5.82 Å². The third-order valence-electron chi connectivity index (χ3n) is 3.07. The fraction of sp³-hybridized carbons (Fsp3) is 0.667. The highest BCUT2D eigenvalue weighted by Crippen LogP contribution is 2.19. The molecule has 1 N–H and O–H groups in total. The molecule has 0 radical (unpaired) electrons. The number of ether oxygens (including phenoxy) is 2. The van der Waals surface area contributed by atoms with Gasteiger partial charge in [-0.05, 0) is 14.0 Å². The largest absolute Gasteiger partial charge is 0.481 e. The smallest absolute Gasteiger partial charge is 0.221 e. The summed E-state index contributed by atoms with van der Waals surface area (Å²) in [7, 11) is 3.72. The number of nitrogens with one attached hydrogen (secondary N) is 1. The van der Waals surface area contributed by atoms with Gasteiger partial charge in [-0.25, -0.2) is 9.97 Å². The van der Waals surface area contributed by atoms with E-state index in [4.69, 9.17) is 9.47 Å². The fourth-order valence-electron chi connectivity index (χ4n) is 2.02. The summed E-state index contributed by atoms with van der Waals surface area (Å²) in [6, 6.07) is 0. The SMILES string of the molecule is COc1ncnc(NCC2CN(C)CCO2)c1C. The first kappa shape index (κ1) is 13.0. The molecule has 1 fully saturated rings. The summed E-state index contributed by atoms with van der Waals surface area (Å²) in [5.41, 5.74) is 0.921. The molecule has 18 heavy (non-hydrogen) atoms. The lowest BCUT2D eigenvalue weighted by atomic mass is 10.2. The van der Waals surface area contributed by atoms with E-state index in [9.17, 15) is 0 Å². The van der Waals surface area contributed by atoms with Crippen LogP contribution in [0.2, 0.25) is 0 Å². The first-order chi connectivity index (χ1) is 8.70. The number of nitrogens with zero attached hydrogens (tertiary/aromatic N) is 3. The topological polar surface area (TPSA) is 59.5 Å². The van der Waals surface area contributed by atoms with Gasteiger partial charge in [-0.15, -0.1) is 0 Å². The van der Waals surface area contributed by atoms with Gasteiger partial charge in [-0.1, -0.05) is 0 Å². The van der Waals surface area contributed by atoms with Crippen LogP contribution in [-0.2, 0) is 4.74 Å². The molecule has 2 rings (SSSR count). The number of hydrogen-bond donors (Lipinski definition) is 1. The highest BCUT2D eigenvalue weighted by atomic mass is 16.5. The van der Waals surface area contributed by atoms with Gasteiger partial charge in [-0.2, -0.15) is 0 Å². The van der Waals surface area contributed by atoms with Crippen LogP contribution in [0, 0.1) is 6.92 Å². The van der Waals surface area contributed by atoms with Crippen LogP contribution < -0.4 is 10.1 Å². The maximum absolute atomic E-state index is 5.69. The third-order valence-corrected chi connectivity index (χ3v) is 3.07. The Bertz CT molecular complexity index is 400. The molecule has 1 saturated heterocycles. The third kappa shape index (κ3) is 3.08. The highest BCUT2D eigenvalue weighted by molar-refractivity contribution is 5.47. The molecule has 2 heterocycles. The van der Waals surface area contributed by atoms with Crippen molar-refractivity contribution in [2.45, 2.75) is 13.0 Å². The lowest BCUT2D eigenvalue weighted by molar-refractivity contribution is -0.0117.